The van der Waals surface area contributed by atoms with Gasteiger partial charge in [0, 0.05) is 16.3 Å². The Bertz CT molecular complexity index is 1020. The molecule has 0 spiro atoms. The Morgan fingerprint density at radius 2 is 1.78 bits per heavy atom. The maximum Gasteiger partial charge on any atom is 0.424 e. The number of hydrogen-bond acceptors (Lipinski definition) is 4. The fourth-order valence-corrected chi connectivity index (χ4v) is 3.26. The summed E-state index contributed by atoms with van der Waals surface area (Å²) in [5, 5.41) is 0. The highest BCUT2D eigenvalue weighted by molar-refractivity contribution is 9.10. The smallest absolute Gasteiger partial charge is 0.415 e. The van der Waals surface area contributed by atoms with E-state index in [1.54, 1.807) is 24.3 Å². The summed E-state index contributed by atoms with van der Waals surface area (Å²) in [5.74, 6) is -0.509. The Hall–Kier alpha value is -2.12. The highest BCUT2D eigenvalue weighted by Gasteiger charge is 2.14. The molecular weight excluding hydrogens is 382 g/mol. The number of aromatic nitrogens is 1. The first-order valence-corrected chi connectivity index (χ1v) is 9.32. The number of sulfone groups is 1. The molecule has 0 aliphatic heterocycles. The molecule has 118 valence electrons. The fourth-order valence-electron chi connectivity index (χ4n) is 2.24. The molecule has 0 unspecified atom stereocenters. The van der Waals surface area contributed by atoms with Crippen LogP contribution < -0.4 is 5.76 Å². The quantitative estimate of drug-likeness (QED) is 0.684. The van der Waals surface area contributed by atoms with Gasteiger partial charge in [-0.15, -0.1) is 0 Å². The van der Waals surface area contributed by atoms with Crippen molar-refractivity contribution in [2.75, 3.05) is 6.26 Å². The zero-order valence-electron chi connectivity index (χ0n) is 12.1. The fraction of sp³-hybridized carbons (Fsp3) is 0.0625. The molecule has 0 N–H and O–H groups in total. The minimum absolute atomic E-state index is 0.223. The molecule has 3 aromatic rings. The topological polar surface area (TPSA) is 69.3 Å². The highest BCUT2D eigenvalue weighted by Crippen LogP contribution is 2.24. The van der Waals surface area contributed by atoms with Crippen LogP contribution in [0.15, 0.2) is 73.4 Å². The average molecular weight is 394 g/mol. The van der Waals surface area contributed by atoms with E-state index in [1.165, 1.54) is 23.0 Å². The Balaban J connectivity index is 2.14. The predicted molar refractivity (Wildman–Crippen MR) is 90.6 cm³/mol. The molecule has 0 saturated heterocycles. The second-order valence-electron chi connectivity index (χ2n) is 5.00. The molecule has 2 aromatic carbocycles. The Morgan fingerprint density at radius 3 is 2.39 bits per heavy atom. The van der Waals surface area contributed by atoms with Gasteiger partial charge in [-0.2, -0.15) is 0 Å². The standard InChI is InChI=1S/C16H12BrNO4S/c1-23(20,21)14-7-5-11(6-8-14)15-10-22-16(19)18(15)13-4-2-3-12(17)9-13/h2-10H,1H3. The van der Waals surface area contributed by atoms with Crippen LogP contribution in [0.1, 0.15) is 0 Å². The number of benzene rings is 2. The van der Waals surface area contributed by atoms with Crippen molar-refractivity contribution in [1.82, 2.24) is 4.57 Å². The maximum atomic E-state index is 12.0. The monoisotopic (exact) mass is 393 g/mol. The van der Waals surface area contributed by atoms with E-state index in [9.17, 15) is 13.2 Å². The van der Waals surface area contributed by atoms with Crippen molar-refractivity contribution in [2.45, 2.75) is 4.90 Å². The van der Waals surface area contributed by atoms with Crippen LogP contribution in [0.25, 0.3) is 16.9 Å². The first-order chi connectivity index (χ1) is 10.9. The molecule has 7 heteroatoms. The lowest BCUT2D eigenvalue weighted by Gasteiger charge is -2.07. The molecule has 0 aliphatic rings. The summed E-state index contributed by atoms with van der Waals surface area (Å²) in [6, 6.07) is 13.6. The van der Waals surface area contributed by atoms with Crippen LogP contribution in [0.5, 0.6) is 0 Å². The lowest BCUT2D eigenvalue weighted by Crippen LogP contribution is -2.13. The van der Waals surface area contributed by atoms with Crippen LogP contribution in [0.3, 0.4) is 0 Å². The van der Waals surface area contributed by atoms with Crippen molar-refractivity contribution in [3.8, 4) is 16.9 Å². The van der Waals surface area contributed by atoms with E-state index in [0.29, 0.717) is 16.9 Å². The number of rotatable bonds is 3. The molecule has 0 bridgehead atoms. The number of hydrogen-bond donors (Lipinski definition) is 0. The van der Waals surface area contributed by atoms with Crippen molar-refractivity contribution >= 4 is 25.8 Å². The van der Waals surface area contributed by atoms with Gasteiger partial charge in [0.25, 0.3) is 0 Å². The average Bonchev–Trinajstić information content (AvgIpc) is 2.88. The van der Waals surface area contributed by atoms with Gasteiger partial charge in [0.05, 0.1) is 16.3 Å². The van der Waals surface area contributed by atoms with Gasteiger partial charge in [0.1, 0.15) is 6.26 Å². The summed E-state index contributed by atoms with van der Waals surface area (Å²) < 4.78 is 30.3. The molecule has 3 rings (SSSR count). The lowest BCUT2D eigenvalue weighted by molar-refractivity contribution is 0.504. The molecule has 23 heavy (non-hydrogen) atoms. The van der Waals surface area contributed by atoms with Crippen molar-refractivity contribution in [1.29, 1.82) is 0 Å². The van der Waals surface area contributed by atoms with Crippen molar-refractivity contribution in [2.24, 2.45) is 0 Å². The largest absolute Gasteiger partial charge is 0.424 e. The summed E-state index contributed by atoms with van der Waals surface area (Å²) in [4.78, 5) is 12.3. The molecule has 5 nitrogen and oxygen atoms in total. The van der Waals surface area contributed by atoms with Crippen molar-refractivity contribution in [3.05, 3.63) is 69.8 Å². The summed E-state index contributed by atoms with van der Waals surface area (Å²) in [6.07, 6.45) is 2.51. The summed E-state index contributed by atoms with van der Waals surface area (Å²) >= 11 is 3.37. The van der Waals surface area contributed by atoms with Gasteiger partial charge in [-0.3, -0.25) is 0 Å². The van der Waals surface area contributed by atoms with Crippen LogP contribution >= 0.6 is 15.9 Å². The molecule has 0 fully saturated rings. The number of oxazole rings is 1. The molecule has 0 saturated carbocycles. The molecule has 1 heterocycles. The van der Waals surface area contributed by atoms with E-state index < -0.39 is 15.6 Å². The lowest BCUT2D eigenvalue weighted by atomic mass is 10.1. The zero-order valence-corrected chi connectivity index (χ0v) is 14.5. The van der Waals surface area contributed by atoms with E-state index in [0.717, 1.165) is 10.7 Å². The van der Waals surface area contributed by atoms with Crippen LogP contribution in [-0.2, 0) is 9.84 Å². The highest BCUT2D eigenvalue weighted by atomic mass is 79.9. The van der Waals surface area contributed by atoms with E-state index in [4.69, 9.17) is 4.42 Å². The van der Waals surface area contributed by atoms with Crippen molar-refractivity contribution in [3.63, 3.8) is 0 Å². The summed E-state index contributed by atoms with van der Waals surface area (Å²) in [7, 11) is -3.26. The van der Waals surface area contributed by atoms with E-state index >= 15 is 0 Å². The SMILES string of the molecule is CS(=O)(=O)c1ccc(-c2coc(=O)n2-c2cccc(Br)c2)cc1. The van der Waals surface area contributed by atoms with Gasteiger partial charge in [-0.1, -0.05) is 34.1 Å². The molecule has 0 atom stereocenters. The van der Waals surface area contributed by atoms with Gasteiger partial charge < -0.3 is 4.42 Å². The Kier molecular flexibility index (Phi) is 3.99. The van der Waals surface area contributed by atoms with Crippen LogP contribution in [0, 0.1) is 0 Å². The van der Waals surface area contributed by atoms with Gasteiger partial charge in [0.2, 0.25) is 0 Å². The molecule has 1 aromatic heterocycles. The third-order valence-corrected chi connectivity index (χ3v) is 4.96. The molecule has 0 radical (unpaired) electrons. The van der Waals surface area contributed by atoms with Crippen LogP contribution in [-0.4, -0.2) is 19.2 Å². The van der Waals surface area contributed by atoms with Gasteiger partial charge in [-0.25, -0.2) is 17.8 Å². The first kappa shape index (κ1) is 15.8. The second kappa shape index (κ2) is 5.82. The van der Waals surface area contributed by atoms with Crippen molar-refractivity contribution < 1.29 is 12.8 Å². The molecule has 0 amide bonds. The van der Waals surface area contributed by atoms with E-state index in [1.807, 2.05) is 12.1 Å². The Morgan fingerprint density at radius 1 is 1.09 bits per heavy atom. The molecule has 0 aliphatic carbocycles. The zero-order chi connectivity index (χ0) is 16.6. The first-order valence-electron chi connectivity index (χ1n) is 6.63. The number of halogens is 1. The maximum absolute atomic E-state index is 12.0. The van der Waals surface area contributed by atoms with Gasteiger partial charge in [-0.05, 0) is 30.3 Å². The van der Waals surface area contributed by atoms with Crippen LogP contribution in [0.4, 0.5) is 0 Å². The van der Waals surface area contributed by atoms with E-state index in [-0.39, 0.29) is 4.90 Å². The number of nitrogens with zero attached hydrogens (tertiary/aromatic N) is 1. The second-order valence-corrected chi connectivity index (χ2v) is 7.93. The third kappa shape index (κ3) is 3.16. The predicted octanol–water partition coefficient (Wildman–Crippen LogP) is 3.26. The van der Waals surface area contributed by atoms with E-state index in [2.05, 4.69) is 15.9 Å². The summed E-state index contributed by atoms with van der Waals surface area (Å²) in [6.45, 7) is 0. The minimum atomic E-state index is -3.26. The summed E-state index contributed by atoms with van der Waals surface area (Å²) in [5.41, 5.74) is 1.89. The molecular formula is C16H12BrNO4S. The Labute approximate surface area is 141 Å². The van der Waals surface area contributed by atoms with Gasteiger partial charge in [0.15, 0.2) is 9.84 Å². The van der Waals surface area contributed by atoms with Gasteiger partial charge >= 0.3 is 5.76 Å². The third-order valence-electron chi connectivity index (χ3n) is 3.34. The minimum Gasteiger partial charge on any atom is -0.415 e. The van der Waals surface area contributed by atoms with Crippen LogP contribution in [0.2, 0.25) is 0 Å². The normalized spacial score (nSPS) is 11.6.